The van der Waals surface area contributed by atoms with Gasteiger partial charge in [-0.2, -0.15) is 0 Å². The third kappa shape index (κ3) is 3.26. The zero-order valence-electron chi connectivity index (χ0n) is 11.5. The first kappa shape index (κ1) is 13.9. The number of allylic oxidation sites excluding steroid dienone is 1. The van der Waals surface area contributed by atoms with Gasteiger partial charge in [0, 0.05) is 6.07 Å². The summed E-state index contributed by atoms with van der Waals surface area (Å²) >= 11 is 0. The topological polar surface area (TPSA) is 46.5 Å². The first-order valence-corrected chi connectivity index (χ1v) is 6.26. The van der Waals surface area contributed by atoms with Crippen LogP contribution in [0.25, 0.3) is 6.08 Å². The van der Waals surface area contributed by atoms with Crippen molar-refractivity contribution in [3.63, 3.8) is 0 Å². The van der Waals surface area contributed by atoms with Crippen molar-refractivity contribution in [3.05, 3.63) is 65.2 Å². The van der Waals surface area contributed by atoms with Crippen molar-refractivity contribution in [1.29, 1.82) is 0 Å². The minimum absolute atomic E-state index is 0.0806. The Hall–Kier alpha value is -2.55. The number of rotatable bonds is 4. The molecule has 2 aromatic rings. The van der Waals surface area contributed by atoms with Crippen LogP contribution in [0, 0.1) is 6.92 Å². The minimum Gasteiger partial charge on any atom is -0.507 e. The monoisotopic (exact) mass is 268 g/mol. The van der Waals surface area contributed by atoms with Crippen LogP contribution in [0.3, 0.4) is 0 Å². The third-order valence-corrected chi connectivity index (χ3v) is 2.97. The Labute approximate surface area is 118 Å². The van der Waals surface area contributed by atoms with E-state index in [1.54, 1.807) is 18.2 Å². The average Bonchev–Trinajstić information content (AvgIpc) is 2.46. The highest BCUT2D eigenvalue weighted by Gasteiger charge is 2.09. The lowest BCUT2D eigenvalue weighted by Gasteiger charge is -2.03. The van der Waals surface area contributed by atoms with Gasteiger partial charge in [0.15, 0.2) is 5.78 Å². The van der Waals surface area contributed by atoms with Gasteiger partial charge in [0.1, 0.15) is 11.5 Å². The van der Waals surface area contributed by atoms with Crippen molar-refractivity contribution in [2.45, 2.75) is 6.92 Å². The SMILES string of the molecule is COc1ccc(C(=O)C=Cc2ccc(C)cc2)c(O)c1. The van der Waals surface area contributed by atoms with Crippen LogP contribution >= 0.6 is 0 Å². The standard InChI is InChI=1S/C17H16O3/c1-12-3-5-13(6-4-12)7-10-16(18)15-9-8-14(20-2)11-17(15)19/h3-11,19H,1-2H3. The van der Waals surface area contributed by atoms with Crippen molar-refractivity contribution in [2.75, 3.05) is 7.11 Å². The first-order valence-electron chi connectivity index (χ1n) is 6.26. The van der Waals surface area contributed by atoms with Gasteiger partial charge in [0.25, 0.3) is 0 Å². The molecule has 0 atom stereocenters. The van der Waals surface area contributed by atoms with Crippen LogP contribution in [0.1, 0.15) is 21.5 Å². The lowest BCUT2D eigenvalue weighted by Crippen LogP contribution is -1.95. The third-order valence-electron chi connectivity index (χ3n) is 2.97. The molecule has 20 heavy (non-hydrogen) atoms. The molecule has 1 N–H and O–H groups in total. The summed E-state index contributed by atoms with van der Waals surface area (Å²) in [5, 5.41) is 9.79. The highest BCUT2D eigenvalue weighted by molar-refractivity contribution is 6.08. The molecular weight excluding hydrogens is 252 g/mol. The van der Waals surface area contributed by atoms with Gasteiger partial charge in [0.05, 0.1) is 12.7 Å². The van der Waals surface area contributed by atoms with Crippen LogP contribution in [-0.2, 0) is 0 Å². The Morgan fingerprint density at radius 1 is 1.15 bits per heavy atom. The second-order valence-corrected chi connectivity index (χ2v) is 4.49. The number of phenolic OH excluding ortho intramolecular Hbond substituents is 1. The maximum atomic E-state index is 12.0. The van der Waals surface area contributed by atoms with E-state index in [1.807, 2.05) is 31.2 Å². The van der Waals surface area contributed by atoms with E-state index in [2.05, 4.69) is 0 Å². The fourth-order valence-electron chi connectivity index (χ4n) is 1.79. The van der Waals surface area contributed by atoms with E-state index >= 15 is 0 Å². The van der Waals surface area contributed by atoms with Gasteiger partial charge in [0.2, 0.25) is 0 Å². The predicted octanol–water partition coefficient (Wildman–Crippen LogP) is 3.61. The molecule has 0 spiro atoms. The fourth-order valence-corrected chi connectivity index (χ4v) is 1.79. The second kappa shape index (κ2) is 6.06. The van der Waals surface area contributed by atoms with E-state index in [1.165, 1.54) is 24.8 Å². The Balaban J connectivity index is 2.17. The first-order chi connectivity index (χ1) is 9.60. The zero-order chi connectivity index (χ0) is 14.5. The van der Waals surface area contributed by atoms with Crippen molar-refractivity contribution in [3.8, 4) is 11.5 Å². The molecule has 0 amide bonds. The average molecular weight is 268 g/mol. The maximum absolute atomic E-state index is 12.0. The van der Waals surface area contributed by atoms with Crippen LogP contribution in [-0.4, -0.2) is 18.0 Å². The summed E-state index contributed by atoms with van der Waals surface area (Å²) in [7, 11) is 1.51. The molecule has 3 heteroatoms. The van der Waals surface area contributed by atoms with Crippen LogP contribution in [0.4, 0.5) is 0 Å². The number of aryl methyl sites for hydroxylation is 1. The number of phenols is 1. The molecular formula is C17H16O3. The molecule has 0 aliphatic heterocycles. The van der Waals surface area contributed by atoms with E-state index in [0.29, 0.717) is 5.75 Å². The molecule has 0 saturated carbocycles. The summed E-state index contributed by atoms with van der Waals surface area (Å²) in [6.07, 6.45) is 3.18. The van der Waals surface area contributed by atoms with E-state index in [-0.39, 0.29) is 17.1 Å². The normalized spacial score (nSPS) is 10.7. The molecule has 3 nitrogen and oxygen atoms in total. The molecule has 0 radical (unpaired) electrons. The van der Waals surface area contributed by atoms with E-state index in [4.69, 9.17) is 4.74 Å². The van der Waals surface area contributed by atoms with E-state index in [0.717, 1.165) is 5.56 Å². The molecule has 0 saturated heterocycles. The molecule has 102 valence electrons. The van der Waals surface area contributed by atoms with Gasteiger partial charge in [-0.05, 0) is 30.7 Å². The summed E-state index contributed by atoms with van der Waals surface area (Å²) in [4.78, 5) is 12.0. The van der Waals surface area contributed by atoms with Crippen LogP contribution in [0.2, 0.25) is 0 Å². The Kier molecular flexibility index (Phi) is 4.20. The molecule has 0 aliphatic carbocycles. The number of methoxy groups -OCH3 is 1. The molecule has 2 aromatic carbocycles. The smallest absolute Gasteiger partial charge is 0.189 e. The molecule has 0 heterocycles. The molecule has 0 fully saturated rings. The van der Waals surface area contributed by atoms with Crippen molar-refractivity contribution in [2.24, 2.45) is 0 Å². The Bertz CT molecular complexity index is 640. The number of benzene rings is 2. The number of ether oxygens (including phenoxy) is 1. The van der Waals surface area contributed by atoms with Crippen molar-refractivity contribution >= 4 is 11.9 Å². The van der Waals surface area contributed by atoms with Gasteiger partial charge in [-0.15, -0.1) is 0 Å². The van der Waals surface area contributed by atoms with Crippen LogP contribution < -0.4 is 4.74 Å². The molecule has 0 aliphatic rings. The van der Waals surface area contributed by atoms with Crippen LogP contribution in [0.15, 0.2) is 48.5 Å². The summed E-state index contributed by atoms with van der Waals surface area (Å²) in [6, 6.07) is 12.5. The maximum Gasteiger partial charge on any atom is 0.189 e. The van der Waals surface area contributed by atoms with E-state index < -0.39 is 0 Å². The summed E-state index contributed by atoms with van der Waals surface area (Å²) in [5.41, 5.74) is 2.37. The number of aromatic hydroxyl groups is 1. The summed E-state index contributed by atoms with van der Waals surface area (Å²) in [5.74, 6) is 0.190. The van der Waals surface area contributed by atoms with E-state index in [9.17, 15) is 9.90 Å². The predicted molar refractivity (Wildman–Crippen MR) is 79.2 cm³/mol. The highest BCUT2D eigenvalue weighted by Crippen LogP contribution is 2.24. The number of hydrogen-bond donors (Lipinski definition) is 1. The Morgan fingerprint density at radius 2 is 1.85 bits per heavy atom. The lowest BCUT2D eigenvalue weighted by molar-refractivity contribution is 0.104. The minimum atomic E-state index is -0.245. The Morgan fingerprint density at radius 3 is 2.45 bits per heavy atom. The quantitative estimate of drug-likeness (QED) is 0.680. The van der Waals surface area contributed by atoms with Gasteiger partial charge < -0.3 is 9.84 Å². The largest absolute Gasteiger partial charge is 0.507 e. The fraction of sp³-hybridized carbons (Fsp3) is 0.118. The zero-order valence-corrected chi connectivity index (χ0v) is 11.5. The molecule has 0 aromatic heterocycles. The lowest BCUT2D eigenvalue weighted by atomic mass is 10.1. The van der Waals surface area contributed by atoms with Gasteiger partial charge in [-0.1, -0.05) is 35.9 Å². The molecule has 0 unspecified atom stereocenters. The number of ketones is 1. The summed E-state index contributed by atoms with van der Waals surface area (Å²) < 4.78 is 4.98. The molecule has 2 rings (SSSR count). The number of carbonyl (C=O) groups excluding carboxylic acids is 1. The van der Waals surface area contributed by atoms with Crippen molar-refractivity contribution in [1.82, 2.24) is 0 Å². The summed E-state index contributed by atoms with van der Waals surface area (Å²) in [6.45, 7) is 2.01. The molecule has 0 bridgehead atoms. The van der Waals surface area contributed by atoms with Gasteiger partial charge >= 0.3 is 0 Å². The number of carbonyl (C=O) groups is 1. The van der Waals surface area contributed by atoms with Crippen molar-refractivity contribution < 1.29 is 14.6 Å². The number of hydrogen-bond acceptors (Lipinski definition) is 3. The highest BCUT2D eigenvalue weighted by atomic mass is 16.5. The van der Waals surface area contributed by atoms with Gasteiger partial charge in [-0.25, -0.2) is 0 Å². The van der Waals surface area contributed by atoms with Crippen LogP contribution in [0.5, 0.6) is 11.5 Å². The van der Waals surface area contributed by atoms with Gasteiger partial charge in [-0.3, -0.25) is 4.79 Å². The second-order valence-electron chi connectivity index (χ2n) is 4.49.